The number of benzene rings is 1. The second kappa shape index (κ2) is 6.57. The van der Waals surface area contributed by atoms with E-state index >= 15 is 0 Å². The highest BCUT2D eigenvalue weighted by Gasteiger charge is 2.27. The molecule has 1 amide bonds. The summed E-state index contributed by atoms with van der Waals surface area (Å²) in [4.78, 5) is 13.7. The molecule has 104 valence electrons. The first-order valence-corrected chi connectivity index (χ1v) is 6.80. The first-order valence-electron chi connectivity index (χ1n) is 6.80. The van der Waals surface area contributed by atoms with E-state index in [0.717, 1.165) is 26.1 Å². The molecule has 1 aromatic rings. The first-order chi connectivity index (χ1) is 9.19. The van der Waals surface area contributed by atoms with Gasteiger partial charge in [0.2, 0.25) is 0 Å². The summed E-state index contributed by atoms with van der Waals surface area (Å²) in [5, 5.41) is 2.93. The van der Waals surface area contributed by atoms with Crippen LogP contribution in [-0.2, 0) is 11.3 Å². The highest BCUT2D eigenvalue weighted by Crippen LogP contribution is 2.19. The van der Waals surface area contributed by atoms with Crippen molar-refractivity contribution < 1.29 is 9.53 Å². The predicted molar refractivity (Wildman–Crippen MR) is 74.8 cm³/mol. The number of hydrogen-bond acceptors (Lipinski definition) is 3. The van der Waals surface area contributed by atoms with Crippen LogP contribution in [0.2, 0.25) is 0 Å². The number of likely N-dealkylation sites (tertiary alicyclic amines) is 1. The van der Waals surface area contributed by atoms with Crippen molar-refractivity contribution in [3.8, 4) is 0 Å². The fourth-order valence-electron chi connectivity index (χ4n) is 2.52. The van der Waals surface area contributed by atoms with Crippen molar-refractivity contribution in [2.45, 2.75) is 25.9 Å². The molecule has 0 bridgehead atoms. The second-order valence-electron chi connectivity index (χ2n) is 5.23. The molecule has 0 aliphatic carbocycles. The molecule has 0 spiro atoms. The lowest BCUT2D eigenvalue weighted by atomic mass is 9.93. The maximum atomic E-state index is 11.3. The van der Waals surface area contributed by atoms with Crippen LogP contribution in [0.5, 0.6) is 0 Å². The minimum absolute atomic E-state index is 0.171. The number of nitrogens with zero attached hydrogens (tertiary/aromatic N) is 1. The van der Waals surface area contributed by atoms with Crippen LogP contribution in [0, 0.1) is 5.92 Å². The zero-order valence-electron chi connectivity index (χ0n) is 11.6. The average molecular weight is 262 g/mol. The molecule has 2 rings (SSSR count). The van der Waals surface area contributed by atoms with Gasteiger partial charge in [0.05, 0.1) is 7.11 Å². The normalized spacial score (nSPS) is 23.9. The van der Waals surface area contributed by atoms with Crippen molar-refractivity contribution in [3.63, 3.8) is 0 Å². The summed E-state index contributed by atoms with van der Waals surface area (Å²) in [5.74, 6) is 0.492. The molecule has 1 N–H and O–H groups in total. The van der Waals surface area contributed by atoms with Gasteiger partial charge in [-0.05, 0) is 24.4 Å². The Morgan fingerprint density at radius 3 is 2.84 bits per heavy atom. The Kier molecular flexibility index (Phi) is 4.80. The summed E-state index contributed by atoms with van der Waals surface area (Å²) in [7, 11) is 1.41. The number of piperidine rings is 1. The molecule has 0 saturated carbocycles. The lowest BCUT2D eigenvalue weighted by Gasteiger charge is -2.37. The van der Waals surface area contributed by atoms with Crippen LogP contribution in [0.4, 0.5) is 4.79 Å². The minimum atomic E-state index is -0.335. The van der Waals surface area contributed by atoms with Crippen LogP contribution >= 0.6 is 0 Å². The van der Waals surface area contributed by atoms with Gasteiger partial charge in [-0.2, -0.15) is 0 Å². The summed E-state index contributed by atoms with van der Waals surface area (Å²) in [5.41, 5.74) is 1.31. The molecular weight excluding hydrogens is 240 g/mol. The minimum Gasteiger partial charge on any atom is -0.453 e. The van der Waals surface area contributed by atoms with Crippen LogP contribution in [0.25, 0.3) is 0 Å². The number of nitrogens with one attached hydrogen (secondary N) is 1. The van der Waals surface area contributed by atoms with E-state index in [0.29, 0.717) is 5.92 Å². The molecule has 1 aliphatic rings. The van der Waals surface area contributed by atoms with Crippen LogP contribution in [0.15, 0.2) is 30.3 Å². The summed E-state index contributed by atoms with van der Waals surface area (Å²) >= 11 is 0. The van der Waals surface area contributed by atoms with E-state index in [1.165, 1.54) is 12.7 Å². The number of alkyl carbamates (subject to hydrolysis) is 1. The van der Waals surface area contributed by atoms with Gasteiger partial charge in [0.25, 0.3) is 0 Å². The number of carbonyl (C=O) groups is 1. The number of ether oxygens (including phenoxy) is 1. The van der Waals surface area contributed by atoms with E-state index in [9.17, 15) is 4.79 Å². The summed E-state index contributed by atoms with van der Waals surface area (Å²) in [6.07, 6.45) is 0.764. The molecule has 0 aromatic heterocycles. The molecule has 1 heterocycles. The molecule has 2 atom stereocenters. The quantitative estimate of drug-likeness (QED) is 0.908. The van der Waals surface area contributed by atoms with Crippen LogP contribution in [0.3, 0.4) is 0 Å². The number of hydrogen-bond donors (Lipinski definition) is 1. The summed E-state index contributed by atoms with van der Waals surface area (Å²) in [6, 6.07) is 10.6. The fraction of sp³-hybridized carbons (Fsp3) is 0.533. The van der Waals surface area contributed by atoms with Gasteiger partial charge in [0, 0.05) is 19.1 Å². The Hall–Kier alpha value is -1.55. The third kappa shape index (κ3) is 3.96. The smallest absolute Gasteiger partial charge is 0.407 e. The van der Waals surface area contributed by atoms with Gasteiger partial charge >= 0.3 is 6.09 Å². The summed E-state index contributed by atoms with van der Waals surface area (Å²) < 4.78 is 4.69. The topological polar surface area (TPSA) is 41.6 Å². The SMILES string of the molecule is COC(=O)NC1CN(Cc2ccccc2)CC[C@H]1C. The van der Waals surface area contributed by atoms with Gasteiger partial charge in [-0.15, -0.1) is 0 Å². The van der Waals surface area contributed by atoms with Crippen LogP contribution in [0.1, 0.15) is 18.9 Å². The summed E-state index contributed by atoms with van der Waals surface area (Å²) in [6.45, 7) is 5.08. The standard InChI is InChI=1S/C15H22N2O2/c1-12-8-9-17(10-13-6-4-3-5-7-13)11-14(12)16-15(18)19-2/h3-7,12,14H,8-11H2,1-2H3,(H,16,18)/t12-,14?/m1/s1. The van der Waals surface area contributed by atoms with E-state index in [1.807, 2.05) is 6.07 Å². The van der Waals surface area contributed by atoms with E-state index in [-0.39, 0.29) is 12.1 Å². The van der Waals surface area contributed by atoms with Crippen molar-refractivity contribution >= 4 is 6.09 Å². The van der Waals surface area contributed by atoms with Crippen LogP contribution in [-0.4, -0.2) is 37.2 Å². The lowest BCUT2D eigenvalue weighted by molar-refractivity contribution is 0.123. The Balaban J connectivity index is 1.91. The average Bonchev–Trinajstić information content (AvgIpc) is 2.43. The Morgan fingerprint density at radius 2 is 2.16 bits per heavy atom. The molecule has 1 fully saturated rings. The van der Waals surface area contributed by atoms with Gasteiger partial charge in [-0.1, -0.05) is 37.3 Å². The highest BCUT2D eigenvalue weighted by atomic mass is 16.5. The third-order valence-electron chi connectivity index (χ3n) is 3.78. The largest absolute Gasteiger partial charge is 0.453 e. The molecule has 4 heteroatoms. The molecule has 19 heavy (non-hydrogen) atoms. The van der Waals surface area contributed by atoms with Crippen molar-refractivity contribution in [1.82, 2.24) is 10.2 Å². The number of methoxy groups -OCH3 is 1. The Labute approximate surface area is 114 Å². The first kappa shape index (κ1) is 13.9. The zero-order valence-corrected chi connectivity index (χ0v) is 11.6. The van der Waals surface area contributed by atoms with Crippen molar-refractivity contribution in [3.05, 3.63) is 35.9 Å². The van der Waals surface area contributed by atoms with Crippen molar-refractivity contribution in [2.24, 2.45) is 5.92 Å². The molecule has 1 aromatic carbocycles. The van der Waals surface area contributed by atoms with E-state index in [2.05, 4.69) is 46.1 Å². The van der Waals surface area contributed by atoms with Gasteiger partial charge in [-0.25, -0.2) is 4.79 Å². The second-order valence-corrected chi connectivity index (χ2v) is 5.23. The van der Waals surface area contributed by atoms with Crippen molar-refractivity contribution in [2.75, 3.05) is 20.2 Å². The predicted octanol–water partition coefficient (Wildman–Crippen LogP) is 2.25. The van der Waals surface area contributed by atoms with Gasteiger partial charge in [0.15, 0.2) is 0 Å². The maximum Gasteiger partial charge on any atom is 0.407 e. The van der Waals surface area contributed by atoms with E-state index in [1.54, 1.807) is 0 Å². The van der Waals surface area contributed by atoms with Gasteiger partial charge < -0.3 is 10.1 Å². The monoisotopic (exact) mass is 262 g/mol. The molecule has 1 unspecified atom stereocenters. The molecule has 1 aliphatic heterocycles. The van der Waals surface area contributed by atoms with Gasteiger partial charge in [-0.3, -0.25) is 4.90 Å². The number of carbonyl (C=O) groups excluding carboxylic acids is 1. The maximum absolute atomic E-state index is 11.3. The zero-order chi connectivity index (χ0) is 13.7. The molecular formula is C15H22N2O2. The molecule has 0 radical (unpaired) electrons. The Morgan fingerprint density at radius 1 is 1.42 bits per heavy atom. The third-order valence-corrected chi connectivity index (χ3v) is 3.78. The Bertz CT molecular complexity index is 408. The van der Waals surface area contributed by atoms with Gasteiger partial charge in [0.1, 0.15) is 0 Å². The fourth-order valence-corrected chi connectivity index (χ4v) is 2.52. The van der Waals surface area contributed by atoms with E-state index in [4.69, 9.17) is 0 Å². The lowest BCUT2D eigenvalue weighted by Crippen LogP contribution is -2.51. The van der Waals surface area contributed by atoms with Crippen LogP contribution < -0.4 is 5.32 Å². The molecule has 1 saturated heterocycles. The molecule has 4 nitrogen and oxygen atoms in total. The number of amides is 1. The number of rotatable bonds is 3. The van der Waals surface area contributed by atoms with Crippen molar-refractivity contribution in [1.29, 1.82) is 0 Å². The highest BCUT2D eigenvalue weighted by molar-refractivity contribution is 5.67. The van der Waals surface area contributed by atoms with E-state index < -0.39 is 0 Å².